The van der Waals surface area contributed by atoms with Gasteiger partial charge in [0, 0.05) is 25.2 Å². The van der Waals surface area contributed by atoms with E-state index in [2.05, 4.69) is 43.4 Å². The molecule has 0 saturated heterocycles. The second kappa shape index (κ2) is 8.55. The normalized spacial score (nSPS) is 21.2. The fourth-order valence-corrected chi connectivity index (χ4v) is 3.70. The van der Waals surface area contributed by atoms with Crippen molar-refractivity contribution in [2.75, 3.05) is 26.3 Å². The van der Waals surface area contributed by atoms with Crippen molar-refractivity contribution in [3.05, 3.63) is 35.4 Å². The standard InChI is InChI=1S/C19H31NO/c1-3-14-20-16-19(13-8-15-21-4-2)12-7-10-17-9-5-6-11-18(17)19/h5-6,9,11,20H,3-4,7-8,10,12-16H2,1-2H3. The Morgan fingerprint density at radius 3 is 2.90 bits per heavy atom. The molecule has 0 radical (unpaired) electrons. The molecular formula is C19H31NO. The molecule has 0 heterocycles. The van der Waals surface area contributed by atoms with Crippen LogP contribution in [0.4, 0.5) is 0 Å². The zero-order valence-electron chi connectivity index (χ0n) is 13.8. The average molecular weight is 289 g/mol. The van der Waals surface area contributed by atoms with Gasteiger partial charge in [0.1, 0.15) is 0 Å². The quantitative estimate of drug-likeness (QED) is 0.692. The van der Waals surface area contributed by atoms with Gasteiger partial charge in [0.2, 0.25) is 0 Å². The lowest BCUT2D eigenvalue weighted by Crippen LogP contribution is -2.41. The van der Waals surface area contributed by atoms with E-state index >= 15 is 0 Å². The smallest absolute Gasteiger partial charge is 0.0466 e. The van der Waals surface area contributed by atoms with Crippen LogP contribution in [0.2, 0.25) is 0 Å². The first-order chi connectivity index (χ1) is 10.3. The van der Waals surface area contributed by atoms with Gasteiger partial charge in [0.25, 0.3) is 0 Å². The molecule has 0 saturated carbocycles. The summed E-state index contributed by atoms with van der Waals surface area (Å²) in [5.74, 6) is 0. The molecule has 0 amide bonds. The maximum atomic E-state index is 5.56. The molecule has 2 heteroatoms. The van der Waals surface area contributed by atoms with Crippen LogP contribution in [0.3, 0.4) is 0 Å². The lowest BCUT2D eigenvalue weighted by atomic mass is 9.67. The molecule has 2 rings (SSSR count). The van der Waals surface area contributed by atoms with Gasteiger partial charge >= 0.3 is 0 Å². The highest BCUT2D eigenvalue weighted by atomic mass is 16.5. The number of aryl methyl sites for hydroxylation is 1. The van der Waals surface area contributed by atoms with Crippen LogP contribution >= 0.6 is 0 Å². The van der Waals surface area contributed by atoms with Gasteiger partial charge in [0.05, 0.1) is 0 Å². The molecule has 118 valence electrons. The van der Waals surface area contributed by atoms with Gasteiger partial charge in [-0.15, -0.1) is 0 Å². The van der Waals surface area contributed by atoms with Gasteiger partial charge in [-0.3, -0.25) is 0 Å². The van der Waals surface area contributed by atoms with Crippen molar-refractivity contribution in [3.63, 3.8) is 0 Å². The third-order valence-corrected chi connectivity index (χ3v) is 4.73. The van der Waals surface area contributed by atoms with Gasteiger partial charge in [-0.1, -0.05) is 31.2 Å². The van der Waals surface area contributed by atoms with Crippen molar-refractivity contribution in [2.24, 2.45) is 0 Å². The summed E-state index contributed by atoms with van der Waals surface area (Å²) >= 11 is 0. The molecule has 1 atom stereocenters. The van der Waals surface area contributed by atoms with Crippen LogP contribution in [0.1, 0.15) is 57.1 Å². The van der Waals surface area contributed by atoms with Crippen molar-refractivity contribution in [3.8, 4) is 0 Å². The van der Waals surface area contributed by atoms with Crippen molar-refractivity contribution in [1.29, 1.82) is 0 Å². The topological polar surface area (TPSA) is 21.3 Å². The summed E-state index contributed by atoms with van der Waals surface area (Å²) < 4.78 is 5.56. The largest absolute Gasteiger partial charge is 0.382 e. The van der Waals surface area contributed by atoms with E-state index in [9.17, 15) is 0 Å². The number of ether oxygens (including phenoxy) is 1. The number of rotatable bonds is 9. The molecule has 1 aliphatic carbocycles. The van der Waals surface area contributed by atoms with Crippen LogP contribution in [0.25, 0.3) is 0 Å². The highest BCUT2D eigenvalue weighted by Gasteiger charge is 2.35. The van der Waals surface area contributed by atoms with Crippen molar-refractivity contribution >= 4 is 0 Å². The molecule has 1 aromatic carbocycles. The van der Waals surface area contributed by atoms with E-state index in [1.54, 1.807) is 11.1 Å². The maximum Gasteiger partial charge on any atom is 0.0466 e. The molecule has 1 aliphatic rings. The molecule has 1 N–H and O–H groups in total. The van der Waals surface area contributed by atoms with Crippen molar-refractivity contribution < 1.29 is 4.74 Å². The van der Waals surface area contributed by atoms with E-state index in [0.29, 0.717) is 5.41 Å². The Morgan fingerprint density at radius 2 is 2.10 bits per heavy atom. The van der Waals surface area contributed by atoms with Gasteiger partial charge in [-0.2, -0.15) is 0 Å². The third-order valence-electron chi connectivity index (χ3n) is 4.73. The Labute approximate surface area is 130 Å². The zero-order valence-corrected chi connectivity index (χ0v) is 13.8. The summed E-state index contributed by atoms with van der Waals surface area (Å²) in [5, 5.41) is 3.69. The Hall–Kier alpha value is -0.860. The summed E-state index contributed by atoms with van der Waals surface area (Å²) in [6.45, 7) is 8.28. The average Bonchev–Trinajstić information content (AvgIpc) is 2.52. The second-order valence-corrected chi connectivity index (χ2v) is 6.27. The van der Waals surface area contributed by atoms with E-state index in [1.807, 2.05) is 0 Å². The monoisotopic (exact) mass is 289 g/mol. The van der Waals surface area contributed by atoms with Gasteiger partial charge < -0.3 is 10.1 Å². The first-order valence-corrected chi connectivity index (χ1v) is 8.69. The molecule has 0 fully saturated rings. The summed E-state index contributed by atoms with van der Waals surface area (Å²) in [5.41, 5.74) is 3.48. The van der Waals surface area contributed by atoms with Crippen LogP contribution < -0.4 is 5.32 Å². The minimum Gasteiger partial charge on any atom is -0.382 e. The number of benzene rings is 1. The Balaban J connectivity index is 2.12. The van der Waals surface area contributed by atoms with E-state index in [0.717, 1.165) is 32.7 Å². The van der Waals surface area contributed by atoms with Crippen LogP contribution in [0.5, 0.6) is 0 Å². The van der Waals surface area contributed by atoms with Crippen LogP contribution in [-0.2, 0) is 16.6 Å². The fraction of sp³-hybridized carbons (Fsp3) is 0.684. The van der Waals surface area contributed by atoms with Crippen LogP contribution in [0.15, 0.2) is 24.3 Å². The van der Waals surface area contributed by atoms with Crippen molar-refractivity contribution in [1.82, 2.24) is 5.32 Å². The third kappa shape index (κ3) is 4.31. The van der Waals surface area contributed by atoms with Crippen LogP contribution in [-0.4, -0.2) is 26.3 Å². The van der Waals surface area contributed by atoms with Gasteiger partial charge in [-0.25, -0.2) is 0 Å². The Morgan fingerprint density at radius 1 is 1.24 bits per heavy atom. The predicted octanol–water partition coefficient (Wildman–Crippen LogP) is 4.08. The predicted molar refractivity (Wildman–Crippen MR) is 89.9 cm³/mol. The van der Waals surface area contributed by atoms with Gasteiger partial charge in [0.15, 0.2) is 0 Å². The molecule has 2 nitrogen and oxygen atoms in total. The number of hydrogen-bond donors (Lipinski definition) is 1. The molecule has 0 aromatic heterocycles. The number of fused-ring (bicyclic) bond motifs is 1. The highest BCUT2D eigenvalue weighted by Crippen LogP contribution is 2.40. The summed E-state index contributed by atoms with van der Waals surface area (Å²) in [6, 6.07) is 9.09. The lowest BCUT2D eigenvalue weighted by molar-refractivity contribution is 0.134. The maximum absolute atomic E-state index is 5.56. The van der Waals surface area contributed by atoms with E-state index in [4.69, 9.17) is 4.74 Å². The number of nitrogens with one attached hydrogen (secondary N) is 1. The summed E-state index contributed by atoms with van der Waals surface area (Å²) in [6.07, 6.45) is 7.48. The number of hydrogen-bond acceptors (Lipinski definition) is 2. The van der Waals surface area contributed by atoms with E-state index in [-0.39, 0.29) is 0 Å². The van der Waals surface area contributed by atoms with Gasteiger partial charge in [-0.05, 0) is 63.1 Å². The summed E-state index contributed by atoms with van der Waals surface area (Å²) in [7, 11) is 0. The molecule has 0 spiro atoms. The van der Waals surface area contributed by atoms with Crippen LogP contribution in [0, 0.1) is 0 Å². The highest BCUT2D eigenvalue weighted by molar-refractivity contribution is 5.37. The minimum atomic E-state index is 0.321. The van der Waals surface area contributed by atoms with Crippen molar-refractivity contribution in [2.45, 2.75) is 57.8 Å². The Bertz CT molecular complexity index is 418. The SMILES string of the molecule is CCCNCC1(CCCOCC)CCCc2ccccc21. The lowest BCUT2D eigenvalue weighted by Gasteiger charge is -2.40. The molecule has 0 bridgehead atoms. The molecule has 21 heavy (non-hydrogen) atoms. The summed E-state index contributed by atoms with van der Waals surface area (Å²) in [4.78, 5) is 0. The molecular weight excluding hydrogens is 258 g/mol. The minimum absolute atomic E-state index is 0.321. The molecule has 1 aromatic rings. The second-order valence-electron chi connectivity index (χ2n) is 6.27. The Kier molecular flexibility index (Phi) is 6.72. The molecule has 1 unspecified atom stereocenters. The first-order valence-electron chi connectivity index (χ1n) is 8.69. The zero-order chi connectivity index (χ0) is 15.0. The first kappa shape index (κ1) is 16.5. The molecule has 0 aliphatic heterocycles. The fourth-order valence-electron chi connectivity index (χ4n) is 3.70. The van der Waals surface area contributed by atoms with E-state index in [1.165, 1.54) is 32.1 Å². The van der Waals surface area contributed by atoms with E-state index < -0.39 is 0 Å².